The standard InChI is InChI=1S/C17H36O3Si/c1-10-14(11-2)19-16(18)13(4)15(12-3)20-21(8,9)17(5,6)7/h13-15H,10-12H2,1-9H3/t13-,15-/m1/s1. The number of hydrogen-bond acceptors (Lipinski definition) is 3. The van der Waals surface area contributed by atoms with Crippen molar-refractivity contribution < 1.29 is 14.0 Å². The summed E-state index contributed by atoms with van der Waals surface area (Å²) in [6.07, 6.45) is 2.56. The summed E-state index contributed by atoms with van der Waals surface area (Å²) in [7, 11) is -1.86. The highest BCUT2D eigenvalue weighted by Gasteiger charge is 2.41. The minimum absolute atomic E-state index is 0.0327. The number of esters is 1. The maximum Gasteiger partial charge on any atom is 0.311 e. The van der Waals surface area contributed by atoms with E-state index in [1.54, 1.807) is 0 Å². The van der Waals surface area contributed by atoms with Crippen LogP contribution in [-0.4, -0.2) is 26.5 Å². The third kappa shape index (κ3) is 6.11. The van der Waals surface area contributed by atoms with Crippen molar-refractivity contribution in [3.63, 3.8) is 0 Å². The molecule has 0 fully saturated rings. The van der Waals surface area contributed by atoms with E-state index >= 15 is 0 Å². The van der Waals surface area contributed by atoms with Crippen molar-refractivity contribution in [3.05, 3.63) is 0 Å². The van der Waals surface area contributed by atoms with Crippen LogP contribution in [0.3, 0.4) is 0 Å². The predicted molar refractivity (Wildman–Crippen MR) is 92.0 cm³/mol. The van der Waals surface area contributed by atoms with Gasteiger partial charge in [0.2, 0.25) is 0 Å². The van der Waals surface area contributed by atoms with Crippen LogP contribution in [0.5, 0.6) is 0 Å². The average Bonchev–Trinajstić information content (AvgIpc) is 2.39. The van der Waals surface area contributed by atoms with E-state index in [9.17, 15) is 4.79 Å². The second kappa shape index (κ2) is 8.32. The number of ether oxygens (including phenoxy) is 1. The van der Waals surface area contributed by atoms with Crippen LogP contribution in [0, 0.1) is 5.92 Å². The Kier molecular flexibility index (Phi) is 8.18. The smallest absolute Gasteiger partial charge is 0.311 e. The SMILES string of the molecule is CCC(CC)OC(=O)[C@H](C)[C@@H](CC)O[Si](C)(C)C(C)(C)C. The Bertz CT molecular complexity index is 316. The number of carbonyl (C=O) groups excluding carboxylic acids is 1. The van der Waals surface area contributed by atoms with Gasteiger partial charge in [-0.05, 0) is 44.3 Å². The summed E-state index contributed by atoms with van der Waals surface area (Å²) < 4.78 is 12.0. The highest BCUT2D eigenvalue weighted by atomic mass is 28.4. The summed E-state index contributed by atoms with van der Waals surface area (Å²) in [5.74, 6) is -0.320. The normalized spacial score (nSPS) is 15.9. The van der Waals surface area contributed by atoms with Gasteiger partial charge >= 0.3 is 5.97 Å². The summed E-state index contributed by atoms with van der Waals surface area (Å²) in [6, 6.07) is 0. The highest BCUT2D eigenvalue weighted by Crippen LogP contribution is 2.38. The van der Waals surface area contributed by atoms with Crippen molar-refractivity contribution in [1.29, 1.82) is 0 Å². The van der Waals surface area contributed by atoms with Gasteiger partial charge in [0, 0.05) is 0 Å². The molecule has 0 saturated carbocycles. The van der Waals surface area contributed by atoms with Crippen molar-refractivity contribution in [1.82, 2.24) is 0 Å². The summed E-state index contributed by atoms with van der Waals surface area (Å²) in [5.41, 5.74) is 0. The van der Waals surface area contributed by atoms with E-state index < -0.39 is 8.32 Å². The highest BCUT2D eigenvalue weighted by molar-refractivity contribution is 6.74. The van der Waals surface area contributed by atoms with E-state index in [1.165, 1.54) is 0 Å². The fourth-order valence-electron chi connectivity index (χ4n) is 1.97. The Morgan fingerprint density at radius 1 is 1.05 bits per heavy atom. The molecule has 0 radical (unpaired) electrons. The Labute approximate surface area is 132 Å². The number of carbonyl (C=O) groups is 1. The predicted octanol–water partition coefficient (Wildman–Crippen LogP) is 5.15. The Hall–Kier alpha value is -0.353. The maximum atomic E-state index is 12.3. The molecular weight excluding hydrogens is 280 g/mol. The van der Waals surface area contributed by atoms with Crippen LogP contribution in [0.15, 0.2) is 0 Å². The van der Waals surface area contributed by atoms with Crippen molar-refractivity contribution >= 4 is 14.3 Å². The quantitative estimate of drug-likeness (QED) is 0.458. The van der Waals surface area contributed by atoms with Crippen LogP contribution in [0.1, 0.15) is 67.7 Å². The molecular formula is C17H36O3Si. The van der Waals surface area contributed by atoms with Crippen molar-refractivity contribution in [3.8, 4) is 0 Å². The first-order valence-electron chi connectivity index (χ1n) is 8.38. The summed E-state index contributed by atoms with van der Waals surface area (Å²) >= 11 is 0. The molecule has 2 atom stereocenters. The maximum absolute atomic E-state index is 12.3. The summed E-state index contributed by atoms with van der Waals surface area (Å²) in [4.78, 5) is 12.3. The van der Waals surface area contributed by atoms with Crippen LogP contribution in [0.4, 0.5) is 0 Å². The van der Waals surface area contributed by atoms with E-state index in [2.05, 4.69) is 54.6 Å². The molecule has 126 valence electrons. The molecule has 0 aromatic carbocycles. The van der Waals surface area contributed by atoms with Gasteiger partial charge in [-0.2, -0.15) is 0 Å². The molecule has 3 nitrogen and oxygen atoms in total. The van der Waals surface area contributed by atoms with Crippen LogP contribution in [-0.2, 0) is 14.0 Å². The van der Waals surface area contributed by atoms with Crippen LogP contribution < -0.4 is 0 Å². The van der Waals surface area contributed by atoms with Crippen molar-refractivity contribution in [2.24, 2.45) is 5.92 Å². The minimum atomic E-state index is -1.86. The molecule has 21 heavy (non-hydrogen) atoms. The van der Waals surface area contributed by atoms with Gasteiger partial charge in [0.25, 0.3) is 0 Å². The first-order valence-corrected chi connectivity index (χ1v) is 11.3. The summed E-state index contributed by atoms with van der Waals surface area (Å²) in [5, 5.41) is 0.152. The van der Waals surface area contributed by atoms with E-state index in [0.717, 1.165) is 19.3 Å². The van der Waals surface area contributed by atoms with E-state index in [-0.39, 0.29) is 29.1 Å². The lowest BCUT2D eigenvalue weighted by Crippen LogP contribution is -2.46. The third-order valence-electron chi connectivity index (χ3n) is 4.78. The fourth-order valence-corrected chi connectivity index (χ4v) is 3.45. The van der Waals surface area contributed by atoms with Gasteiger partial charge in [0.15, 0.2) is 8.32 Å². The summed E-state index contributed by atoms with van der Waals surface area (Å²) in [6.45, 7) is 19.2. The monoisotopic (exact) mass is 316 g/mol. The second-order valence-electron chi connectivity index (χ2n) is 7.49. The molecule has 0 rings (SSSR count). The Balaban J connectivity index is 4.84. The van der Waals surface area contributed by atoms with Crippen LogP contribution in [0.25, 0.3) is 0 Å². The molecule has 4 heteroatoms. The largest absolute Gasteiger partial charge is 0.462 e. The lowest BCUT2D eigenvalue weighted by atomic mass is 10.0. The Morgan fingerprint density at radius 2 is 1.52 bits per heavy atom. The molecule has 0 aliphatic rings. The molecule has 0 saturated heterocycles. The van der Waals surface area contributed by atoms with Crippen molar-refractivity contribution in [2.45, 2.75) is 98.1 Å². The Morgan fingerprint density at radius 3 is 1.86 bits per heavy atom. The average molecular weight is 317 g/mol. The van der Waals surface area contributed by atoms with Gasteiger partial charge < -0.3 is 9.16 Å². The zero-order chi connectivity index (χ0) is 16.8. The van der Waals surface area contributed by atoms with E-state index in [4.69, 9.17) is 9.16 Å². The molecule has 0 aromatic heterocycles. The zero-order valence-corrected chi connectivity index (χ0v) is 16.6. The van der Waals surface area contributed by atoms with E-state index in [0.29, 0.717) is 0 Å². The van der Waals surface area contributed by atoms with Crippen molar-refractivity contribution in [2.75, 3.05) is 0 Å². The molecule has 0 amide bonds. The molecule has 0 heterocycles. The first-order chi connectivity index (χ1) is 9.50. The van der Waals surface area contributed by atoms with Gasteiger partial charge in [0.05, 0.1) is 12.0 Å². The molecule has 0 spiro atoms. The van der Waals surface area contributed by atoms with Gasteiger partial charge in [-0.15, -0.1) is 0 Å². The van der Waals surface area contributed by atoms with E-state index in [1.807, 2.05) is 6.92 Å². The van der Waals surface area contributed by atoms with Crippen LogP contribution in [0.2, 0.25) is 18.1 Å². The lowest BCUT2D eigenvalue weighted by Gasteiger charge is -2.40. The van der Waals surface area contributed by atoms with Gasteiger partial charge in [-0.1, -0.05) is 41.5 Å². The minimum Gasteiger partial charge on any atom is -0.462 e. The first kappa shape index (κ1) is 20.6. The molecule has 0 bridgehead atoms. The molecule has 0 aromatic rings. The number of hydrogen-bond donors (Lipinski definition) is 0. The lowest BCUT2D eigenvalue weighted by molar-refractivity contribution is -0.157. The van der Waals surface area contributed by atoms with Crippen LogP contribution >= 0.6 is 0 Å². The topological polar surface area (TPSA) is 35.5 Å². The third-order valence-corrected chi connectivity index (χ3v) is 9.28. The van der Waals surface area contributed by atoms with Gasteiger partial charge in [-0.25, -0.2) is 0 Å². The van der Waals surface area contributed by atoms with Gasteiger partial charge in [-0.3, -0.25) is 4.79 Å². The molecule has 0 aliphatic heterocycles. The fraction of sp³-hybridized carbons (Fsp3) is 0.941. The zero-order valence-electron chi connectivity index (χ0n) is 15.6. The molecule has 0 N–H and O–H groups in total. The molecule has 0 aliphatic carbocycles. The van der Waals surface area contributed by atoms with Gasteiger partial charge in [0.1, 0.15) is 6.10 Å². The second-order valence-corrected chi connectivity index (χ2v) is 12.2. The number of rotatable bonds is 8. The molecule has 0 unspecified atom stereocenters.